The van der Waals surface area contributed by atoms with E-state index in [1.165, 1.54) is 0 Å². The Balaban J connectivity index is 2.70. The first-order chi connectivity index (χ1) is 6.53. The largest absolute Gasteiger partial charge is 0.481 e. The van der Waals surface area contributed by atoms with E-state index >= 15 is 0 Å². The number of aliphatic carboxylic acids is 1. The highest BCUT2D eigenvalue weighted by atomic mass is 16.4. The van der Waals surface area contributed by atoms with E-state index in [1.807, 2.05) is 13.8 Å². The Bertz CT molecular complexity index is 218. The number of likely N-dealkylation sites (tertiary alicyclic amines) is 1. The van der Waals surface area contributed by atoms with Crippen LogP contribution in [0.25, 0.3) is 0 Å². The van der Waals surface area contributed by atoms with Crippen molar-refractivity contribution in [1.82, 2.24) is 4.90 Å². The van der Waals surface area contributed by atoms with Gasteiger partial charge in [-0.15, -0.1) is 0 Å². The highest BCUT2D eigenvalue weighted by molar-refractivity contribution is 5.75. The van der Waals surface area contributed by atoms with Crippen molar-refractivity contribution >= 4 is 5.97 Å². The van der Waals surface area contributed by atoms with Crippen molar-refractivity contribution in [3.8, 4) is 0 Å². The maximum absolute atomic E-state index is 11.3. The van der Waals surface area contributed by atoms with Gasteiger partial charge >= 0.3 is 5.97 Å². The van der Waals surface area contributed by atoms with E-state index in [1.54, 1.807) is 0 Å². The second-order valence-electron chi connectivity index (χ2n) is 4.43. The van der Waals surface area contributed by atoms with Gasteiger partial charge in [0.25, 0.3) is 0 Å². The maximum Gasteiger partial charge on any atom is 0.311 e. The Morgan fingerprint density at radius 3 is 2.64 bits per heavy atom. The molecule has 4 heteroatoms. The number of carboxylic acids is 1. The molecule has 1 aliphatic rings. The lowest BCUT2D eigenvalue weighted by Gasteiger charge is -2.28. The highest BCUT2D eigenvalue weighted by Crippen LogP contribution is 2.37. The first-order valence-corrected chi connectivity index (χ1v) is 5.19. The number of carboxylic acid groups (broad SMARTS) is 1. The molecule has 0 saturated carbocycles. The van der Waals surface area contributed by atoms with Gasteiger partial charge in [0.1, 0.15) is 0 Å². The van der Waals surface area contributed by atoms with E-state index in [9.17, 15) is 9.90 Å². The second-order valence-corrected chi connectivity index (χ2v) is 4.43. The molecule has 0 amide bonds. The van der Waals surface area contributed by atoms with E-state index in [2.05, 4.69) is 4.90 Å². The van der Waals surface area contributed by atoms with E-state index in [0.29, 0.717) is 13.1 Å². The van der Waals surface area contributed by atoms with Crippen LogP contribution in [0.1, 0.15) is 20.3 Å². The summed E-state index contributed by atoms with van der Waals surface area (Å²) in [4.78, 5) is 13.4. The number of nitrogens with two attached hydrogens (primary N) is 1. The average molecular weight is 200 g/mol. The molecule has 1 rings (SSSR count). The van der Waals surface area contributed by atoms with Gasteiger partial charge in [-0.25, -0.2) is 0 Å². The summed E-state index contributed by atoms with van der Waals surface area (Å²) in [6, 6.07) is 0. The fourth-order valence-electron chi connectivity index (χ4n) is 2.18. The molecule has 3 N–H and O–H groups in total. The minimum atomic E-state index is -0.660. The van der Waals surface area contributed by atoms with Crippen molar-refractivity contribution in [2.24, 2.45) is 17.1 Å². The van der Waals surface area contributed by atoms with Crippen molar-refractivity contribution in [3.63, 3.8) is 0 Å². The lowest BCUT2D eigenvalue weighted by molar-refractivity contribution is -0.151. The highest BCUT2D eigenvalue weighted by Gasteiger charge is 2.46. The molecule has 1 atom stereocenters. The minimum Gasteiger partial charge on any atom is -0.481 e. The fraction of sp³-hybridized carbons (Fsp3) is 0.900. The smallest absolute Gasteiger partial charge is 0.311 e. The topological polar surface area (TPSA) is 66.6 Å². The Hall–Kier alpha value is -0.610. The molecule has 1 saturated heterocycles. The van der Waals surface area contributed by atoms with Crippen LogP contribution in [-0.2, 0) is 4.79 Å². The molecule has 14 heavy (non-hydrogen) atoms. The molecule has 0 bridgehead atoms. The lowest BCUT2D eigenvalue weighted by Crippen LogP contribution is -2.40. The Morgan fingerprint density at radius 1 is 1.64 bits per heavy atom. The van der Waals surface area contributed by atoms with Crippen LogP contribution in [0.15, 0.2) is 0 Å². The van der Waals surface area contributed by atoms with E-state index in [0.717, 1.165) is 19.5 Å². The third-order valence-corrected chi connectivity index (χ3v) is 3.36. The first kappa shape index (κ1) is 11.5. The van der Waals surface area contributed by atoms with Crippen molar-refractivity contribution in [3.05, 3.63) is 0 Å². The summed E-state index contributed by atoms with van der Waals surface area (Å²) in [6.45, 7) is 6.90. The number of nitrogens with zero attached hydrogens (tertiary/aromatic N) is 1. The summed E-state index contributed by atoms with van der Waals surface area (Å²) in [5.41, 5.74) is 4.91. The molecule has 0 aromatic heterocycles. The van der Waals surface area contributed by atoms with Gasteiger partial charge in [0, 0.05) is 19.6 Å². The number of carbonyl (C=O) groups is 1. The molecule has 1 fully saturated rings. The van der Waals surface area contributed by atoms with Gasteiger partial charge in [-0.05, 0) is 18.9 Å². The van der Waals surface area contributed by atoms with Gasteiger partial charge in [-0.2, -0.15) is 0 Å². The van der Waals surface area contributed by atoms with Gasteiger partial charge < -0.3 is 15.7 Å². The van der Waals surface area contributed by atoms with Crippen molar-refractivity contribution < 1.29 is 9.90 Å². The second kappa shape index (κ2) is 4.28. The van der Waals surface area contributed by atoms with Gasteiger partial charge in [-0.1, -0.05) is 13.8 Å². The maximum atomic E-state index is 11.3. The summed E-state index contributed by atoms with van der Waals surface area (Å²) in [5.74, 6) is -0.477. The molecule has 0 aromatic carbocycles. The molecule has 1 aliphatic heterocycles. The minimum absolute atomic E-state index is 0.183. The van der Waals surface area contributed by atoms with Gasteiger partial charge in [0.05, 0.1) is 5.41 Å². The summed E-state index contributed by atoms with van der Waals surface area (Å²) in [5, 5.41) is 9.26. The predicted octanol–water partition coefficient (Wildman–Crippen LogP) is 0.378. The zero-order valence-electron chi connectivity index (χ0n) is 8.99. The third-order valence-electron chi connectivity index (χ3n) is 3.36. The normalized spacial score (nSPS) is 28.6. The summed E-state index contributed by atoms with van der Waals surface area (Å²) < 4.78 is 0. The van der Waals surface area contributed by atoms with Gasteiger partial charge in [0.2, 0.25) is 0 Å². The summed E-state index contributed by atoms with van der Waals surface area (Å²) in [7, 11) is 0. The standard InChI is InChI=1S/C10H20N2O2/c1-8(2)10(9(13)14)3-5-12(7-10)6-4-11/h8H,3-7,11H2,1-2H3,(H,13,14). The number of hydrogen-bond acceptors (Lipinski definition) is 3. The molecular weight excluding hydrogens is 180 g/mol. The van der Waals surface area contributed by atoms with Crippen LogP contribution < -0.4 is 5.73 Å². The monoisotopic (exact) mass is 200 g/mol. The Morgan fingerprint density at radius 2 is 2.29 bits per heavy atom. The summed E-state index contributed by atoms with van der Waals surface area (Å²) >= 11 is 0. The van der Waals surface area contributed by atoms with Crippen LogP contribution in [0.4, 0.5) is 0 Å². The van der Waals surface area contributed by atoms with Crippen molar-refractivity contribution in [2.75, 3.05) is 26.2 Å². The number of rotatable bonds is 4. The lowest BCUT2D eigenvalue weighted by atomic mass is 9.76. The van der Waals surface area contributed by atoms with Crippen LogP contribution >= 0.6 is 0 Å². The zero-order chi connectivity index (χ0) is 10.8. The molecule has 0 aliphatic carbocycles. The number of hydrogen-bond donors (Lipinski definition) is 2. The molecule has 0 radical (unpaired) electrons. The van der Waals surface area contributed by atoms with Gasteiger partial charge in [0.15, 0.2) is 0 Å². The molecule has 0 aromatic rings. The Kier molecular flexibility index (Phi) is 3.50. The Labute approximate surface area is 85.1 Å². The molecule has 1 heterocycles. The van der Waals surface area contributed by atoms with Crippen LogP contribution in [0, 0.1) is 11.3 Å². The SMILES string of the molecule is CC(C)C1(C(=O)O)CCN(CCN)C1. The zero-order valence-corrected chi connectivity index (χ0v) is 8.99. The van der Waals surface area contributed by atoms with E-state index in [4.69, 9.17) is 5.73 Å². The van der Waals surface area contributed by atoms with Crippen LogP contribution in [0.5, 0.6) is 0 Å². The molecular formula is C10H20N2O2. The molecule has 4 nitrogen and oxygen atoms in total. The molecule has 0 spiro atoms. The van der Waals surface area contributed by atoms with Crippen molar-refractivity contribution in [1.29, 1.82) is 0 Å². The van der Waals surface area contributed by atoms with E-state index in [-0.39, 0.29) is 5.92 Å². The van der Waals surface area contributed by atoms with E-state index < -0.39 is 11.4 Å². The van der Waals surface area contributed by atoms with Crippen LogP contribution in [0.3, 0.4) is 0 Å². The predicted molar refractivity (Wildman–Crippen MR) is 55.0 cm³/mol. The van der Waals surface area contributed by atoms with Gasteiger partial charge in [-0.3, -0.25) is 4.79 Å². The molecule has 1 unspecified atom stereocenters. The average Bonchev–Trinajstić information content (AvgIpc) is 2.50. The molecule has 82 valence electrons. The van der Waals surface area contributed by atoms with Crippen LogP contribution in [-0.4, -0.2) is 42.2 Å². The quantitative estimate of drug-likeness (QED) is 0.688. The van der Waals surface area contributed by atoms with Crippen LogP contribution in [0.2, 0.25) is 0 Å². The third kappa shape index (κ3) is 1.91. The van der Waals surface area contributed by atoms with Crippen molar-refractivity contribution in [2.45, 2.75) is 20.3 Å². The fourth-order valence-corrected chi connectivity index (χ4v) is 2.18. The first-order valence-electron chi connectivity index (χ1n) is 5.19. The summed E-state index contributed by atoms with van der Waals surface area (Å²) in [6.07, 6.45) is 0.750.